The number of aromatic nitrogens is 1. The normalized spacial score (nSPS) is 16.5. The van der Waals surface area contributed by atoms with Gasteiger partial charge in [0.2, 0.25) is 0 Å². The molecule has 1 saturated heterocycles. The highest BCUT2D eigenvalue weighted by Crippen LogP contribution is 2.31. The van der Waals surface area contributed by atoms with Crippen LogP contribution < -0.4 is 25.2 Å². The molecule has 4 rings (SSSR count). The molecule has 1 aliphatic rings. The highest BCUT2D eigenvalue weighted by Gasteiger charge is 2.16. The lowest BCUT2D eigenvalue weighted by Gasteiger charge is -2.32. The summed E-state index contributed by atoms with van der Waals surface area (Å²) in [6.07, 6.45) is 2.57. The predicted octanol–water partition coefficient (Wildman–Crippen LogP) is 4.39. The molecular formula is C24H29N3O3. The van der Waals surface area contributed by atoms with E-state index in [1.807, 2.05) is 12.1 Å². The minimum atomic E-state index is -0.110. The minimum Gasteiger partial charge on any atom is -0.493 e. The van der Waals surface area contributed by atoms with Gasteiger partial charge in [0.15, 0.2) is 11.5 Å². The molecule has 1 atom stereocenters. The second-order valence-electron chi connectivity index (χ2n) is 8.01. The quantitative estimate of drug-likeness (QED) is 0.634. The lowest BCUT2D eigenvalue weighted by molar-refractivity contribution is 0.356. The van der Waals surface area contributed by atoms with Gasteiger partial charge in [0, 0.05) is 48.0 Å². The van der Waals surface area contributed by atoms with Crippen molar-refractivity contribution in [3.8, 4) is 11.5 Å². The van der Waals surface area contributed by atoms with E-state index in [-0.39, 0.29) is 5.56 Å². The summed E-state index contributed by atoms with van der Waals surface area (Å²) in [5.74, 6) is 1.98. The van der Waals surface area contributed by atoms with Crippen LogP contribution in [0.5, 0.6) is 11.5 Å². The van der Waals surface area contributed by atoms with Gasteiger partial charge in [-0.3, -0.25) is 4.79 Å². The first-order chi connectivity index (χ1) is 14.6. The number of aromatic amines is 1. The number of rotatable bonds is 6. The summed E-state index contributed by atoms with van der Waals surface area (Å²) < 4.78 is 10.7. The van der Waals surface area contributed by atoms with Crippen molar-refractivity contribution in [1.29, 1.82) is 0 Å². The fourth-order valence-electron chi connectivity index (χ4n) is 4.12. The number of fused-ring (bicyclic) bond motifs is 1. The molecule has 2 heterocycles. The van der Waals surface area contributed by atoms with E-state index >= 15 is 0 Å². The summed E-state index contributed by atoms with van der Waals surface area (Å²) in [5.41, 5.74) is 3.54. The Kier molecular flexibility index (Phi) is 5.84. The van der Waals surface area contributed by atoms with Crippen molar-refractivity contribution in [2.75, 3.05) is 37.5 Å². The van der Waals surface area contributed by atoms with Crippen LogP contribution in [0.15, 0.2) is 47.3 Å². The van der Waals surface area contributed by atoms with Gasteiger partial charge in [0.25, 0.3) is 5.56 Å². The molecule has 0 aliphatic carbocycles. The van der Waals surface area contributed by atoms with Crippen molar-refractivity contribution >= 4 is 22.3 Å². The zero-order valence-corrected chi connectivity index (χ0v) is 17.8. The Morgan fingerprint density at radius 2 is 1.83 bits per heavy atom. The van der Waals surface area contributed by atoms with Crippen molar-refractivity contribution in [3.63, 3.8) is 0 Å². The number of ether oxygens (including phenoxy) is 2. The monoisotopic (exact) mass is 407 g/mol. The molecule has 30 heavy (non-hydrogen) atoms. The van der Waals surface area contributed by atoms with Crippen LogP contribution in [0.25, 0.3) is 10.9 Å². The largest absolute Gasteiger partial charge is 0.493 e. The van der Waals surface area contributed by atoms with Crippen LogP contribution in [-0.2, 0) is 6.54 Å². The molecular weight excluding hydrogens is 378 g/mol. The molecule has 0 radical (unpaired) electrons. The van der Waals surface area contributed by atoms with Crippen LogP contribution in [0.2, 0.25) is 0 Å². The van der Waals surface area contributed by atoms with Gasteiger partial charge in [-0.05, 0) is 55.2 Å². The molecule has 0 spiro atoms. The molecule has 0 saturated carbocycles. The first-order valence-corrected chi connectivity index (χ1v) is 10.4. The molecule has 1 aromatic heterocycles. The molecule has 2 N–H and O–H groups in total. The molecule has 1 unspecified atom stereocenters. The van der Waals surface area contributed by atoms with Crippen molar-refractivity contribution in [2.24, 2.45) is 5.92 Å². The number of hydrogen-bond donors (Lipinski definition) is 2. The molecule has 6 heteroatoms. The summed E-state index contributed by atoms with van der Waals surface area (Å²) in [5, 5.41) is 4.26. The van der Waals surface area contributed by atoms with Crippen LogP contribution in [0.1, 0.15) is 25.3 Å². The lowest BCUT2D eigenvalue weighted by Crippen LogP contribution is -2.34. The van der Waals surface area contributed by atoms with Gasteiger partial charge in [-0.15, -0.1) is 0 Å². The fourth-order valence-corrected chi connectivity index (χ4v) is 4.12. The van der Waals surface area contributed by atoms with Crippen molar-refractivity contribution in [2.45, 2.75) is 26.3 Å². The van der Waals surface area contributed by atoms with Crippen LogP contribution in [0.4, 0.5) is 11.4 Å². The lowest BCUT2D eigenvalue weighted by atomic mass is 10.00. The third-order valence-electron chi connectivity index (χ3n) is 5.80. The number of H-pyrrole nitrogens is 1. The fraction of sp³-hybridized carbons (Fsp3) is 0.375. The van der Waals surface area contributed by atoms with E-state index < -0.39 is 0 Å². The smallest absolute Gasteiger partial charge is 0.253 e. The molecule has 6 nitrogen and oxygen atoms in total. The Hall–Kier alpha value is -3.15. The van der Waals surface area contributed by atoms with E-state index in [1.54, 1.807) is 20.3 Å². The van der Waals surface area contributed by atoms with Crippen LogP contribution in [-0.4, -0.2) is 32.3 Å². The summed E-state index contributed by atoms with van der Waals surface area (Å²) in [7, 11) is 3.18. The minimum absolute atomic E-state index is 0.110. The van der Waals surface area contributed by atoms with Crippen molar-refractivity contribution < 1.29 is 9.47 Å². The standard InChI is InChI=1S/C24H29N3O3/c1-16-5-4-10-27(15-16)20-8-6-19(7-9-20)25-14-18-11-17-12-22(29-2)23(30-3)13-21(17)26-24(18)28/h6-9,11-13,16,25H,4-5,10,14-15H2,1-3H3,(H,26,28). The van der Waals surface area contributed by atoms with E-state index in [1.165, 1.54) is 18.5 Å². The SMILES string of the molecule is COc1cc2cc(CNc3ccc(N4CCCC(C)C4)cc3)c(=O)[nH]c2cc1OC. The van der Waals surface area contributed by atoms with Gasteiger partial charge in [-0.2, -0.15) is 0 Å². The zero-order valence-electron chi connectivity index (χ0n) is 17.8. The van der Waals surface area contributed by atoms with E-state index in [2.05, 4.69) is 46.4 Å². The second-order valence-corrected chi connectivity index (χ2v) is 8.01. The zero-order chi connectivity index (χ0) is 21.1. The molecule has 0 bridgehead atoms. The van der Waals surface area contributed by atoms with Crippen LogP contribution >= 0.6 is 0 Å². The number of nitrogens with zero attached hydrogens (tertiary/aromatic N) is 1. The molecule has 1 aliphatic heterocycles. The maximum Gasteiger partial charge on any atom is 0.253 e. The topological polar surface area (TPSA) is 66.6 Å². The first-order valence-electron chi connectivity index (χ1n) is 10.4. The predicted molar refractivity (Wildman–Crippen MR) is 122 cm³/mol. The average molecular weight is 408 g/mol. The maximum atomic E-state index is 12.5. The van der Waals surface area contributed by atoms with Crippen molar-refractivity contribution in [3.05, 3.63) is 58.4 Å². The number of hydrogen-bond acceptors (Lipinski definition) is 5. The van der Waals surface area contributed by atoms with Gasteiger partial charge in [0.05, 0.1) is 19.7 Å². The second kappa shape index (κ2) is 8.69. The average Bonchev–Trinajstić information content (AvgIpc) is 2.77. The number of methoxy groups -OCH3 is 2. The van der Waals surface area contributed by atoms with Crippen LogP contribution in [0, 0.1) is 5.92 Å². The summed E-state index contributed by atoms with van der Waals surface area (Å²) >= 11 is 0. The highest BCUT2D eigenvalue weighted by atomic mass is 16.5. The highest BCUT2D eigenvalue weighted by molar-refractivity contribution is 5.83. The van der Waals surface area contributed by atoms with E-state index in [0.29, 0.717) is 23.6 Å². The van der Waals surface area contributed by atoms with Gasteiger partial charge in [-0.25, -0.2) is 0 Å². The molecule has 3 aromatic rings. The van der Waals surface area contributed by atoms with E-state index in [0.717, 1.165) is 35.6 Å². The Morgan fingerprint density at radius 1 is 1.10 bits per heavy atom. The van der Waals surface area contributed by atoms with Gasteiger partial charge in [0.1, 0.15) is 0 Å². The number of benzene rings is 2. The van der Waals surface area contributed by atoms with Gasteiger partial charge in [-0.1, -0.05) is 6.92 Å². The molecule has 2 aromatic carbocycles. The first kappa shape index (κ1) is 20.1. The molecule has 0 amide bonds. The van der Waals surface area contributed by atoms with Crippen LogP contribution in [0.3, 0.4) is 0 Å². The van der Waals surface area contributed by atoms with E-state index in [9.17, 15) is 4.79 Å². The Bertz CT molecular complexity index is 1080. The number of pyridine rings is 1. The van der Waals surface area contributed by atoms with Gasteiger partial charge < -0.3 is 24.7 Å². The summed E-state index contributed by atoms with van der Waals surface area (Å²) in [6.45, 7) is 5.00. The van der Waals surface area contributed by atoms with Gasteiger partial charge >= 0.3 is 0 Å². The Labute approximate surface area is 176 Å². The molecule has 1 fully saturated rings. The third kappa shape index (κ3) is 4.22. The number of piperidine rings is 1. The summed E-state index contributed by atoms with van der Waals surface area (Å²) in [6, 6.07) is 14.0. The number of anilines is 2. The molecule has 158 valence electrons. The summed E-state index contributed by atoms with van der Waals surface area (Å²) in [4.78, 5) is 17.9. The Balaban J connectivity index is 1.49. The maximum absolute atomic E-state index is 12.5. The number of nitrogens with one attached hydrogen (secondary N) is 2. The van der Waals surface area contributed by atoms with Crippen molar-refractivity contribution in [1.82, 2.24) is 4.98 Å². The third-order valence-corrected chi connectivity index (χ3v) is 5.80. The Morgan fingerprint density at radius 3 is 2.53 bits per heavy atom. The van der Waals surface area contributed by atoms with E-state index in [4.69, 9.17) is 9.47 Å².